The summed E-state index contributed by atoms with van der Waals surface area (Å²) in [6.07, 6.45) is 2.43. The molecule has 0 bridgehead atoms. The molecule has 1 nitrogen and oxygen atoms in total. The summed E-state index contributed by atoms with van der Waals surface area (Å²) in [5, 5.41) is 7.82. The van der Waals surface area contributed by atoms with Crippen LogP contribution >= 0.6 is 22.7 Å². The molecule has 1 N–H and O–H groups in total. The van der Waals surface area contributed by atoms with E-state index in [1.807, 2.05) is 22.7 Å². The van der Waals surface area contributed by atoms with Crippen LogP contribution in [0, 0.1) is 6.92 Å². The highest BCUT2D eigenvalue weighted by molar-refractivity contribution is 7.10. The Morgan fingerprint density at radius 1 is 1.19 bits per heavy atom. The van der Waals surface area contributed by atoms with E-state index in [1.165, 1.54) is 28.2 Å². The number of aryl methyl sites for hydroxylation is 2. The Morgan fingerprint density at radius 2 is 2.12 bits per heavy atom. The lowest BCUT2D eigenvalue weighted by molar-refractivity contribution is 0.655. The Morgan fingerprint density at radius 3 is 2.81 bits per heavy atom. The topological polar surface area (TPSA) is 12.0 Å². The highest BCUT2D eigenvalue weighted by Crippen LogP contribution is 2.15. The molecule has 0 fully saturated rings. The van der Waals surface area contributed by atoms with Crippen LogP contribution in [0.2, 0.25) is 0 Å². The van der Waals surface area contributed by atoms with Gasteiger partial charge in [-0.1, -0.05) is 6.07 Å². The van der Waals surface area contributed by atoms with Gasteiger partial charge in [0.05, 0.1) is 0 Å². The zero-order valence-electron chi connectivity index (χ0n) is 9.53. The molecule has 0 aliphatic heterocycles. The molecule has 2 aromatic rings. The predicted molar refractivity (Wildman–Crippen MR) is 73.4 cm³/mol. The van der Waals surface area contributed by atoms with Crippen LogP contribution in [0.5, 0.6) is 0 Å². The first-order valence-corrected chi connectivity index (χ1v) is 7.38. The average Bonchev–Trinajstić information content (AvgIpc) is 2.90. The Bertz CT molecular complexity index is 403. The standard InChI is InChI=1S/C13H17NS2/c1-11-6-9-16-13(11)10-14-7-2-4-12-5-3-8-15-12/h3,5-6,8-9,14H,2,4,7,10H2,1H3. The number of rotatable bonds is 6. The van der Waals surface area contributed by atoms with Crippen molar-refractivity contribution in [1.29, 1.82) is 0 Å². The molecule has 2 aromatic heterocycles. The Kier molecular flexibility index (Phi) is 4.57. The molecule has 0 atom stereocenters. The third kappa shape index (κ3) is 3.44. The first-order valence-electron chi connectivity index (χ1n) is 5.62. The van der Waals surface area contributed by atoms with Crippen molar-refractivity contribution in [3.63, 3.8) is 0 Å². The van der Waals surface area contributed by atoms with Gasteiger partial charge < -0.3 is 5.32 Å². The highest BCUT2D eigenvalue weighted by Gasteiger charge is 1.98. The summed E-state index contributed by atoms with van der Waals surface area (Å²) >= 11 is 3.70. The molecule has 0 spiro atoms. The highest BCUT2D eigenvalue weighted by atomic mass is 32.1. The Labute approximate surface area is 105 Å². The van der Waals surface area contributed by atoms with Crippen LogP contribution in [0.3, 0.4) is 0 Å². The van der Waals surface area contributed by atoms with Crippen molar-refractivity contribution in [2.24, 2.45) is 0 Å². The minimum atomic E-state index is 1.02. The maximum Gasteiger partial charge on any atom is 0.0302 e. The van der Waals surface area contributed by atoms with Crippen molar-refractivity contribution in [2.75, 3.05) is 6.54 Å². The van der Waals surface area contributed by atoms with Crippen LogP contribution in [0.1, 0.15) is 21.7 Å². The predicted octanol–water partition coefficient (Wildman–Crippen LogP) is 3.84. The Hall–Kier alpha value is -0.640. The quantitative estimate of drug-likeness (QED) is 0.769. The molecule has 0 aliphatic carbocycles. The van der Waals surface area contributed by atoms with Gasteiger partial charge in [0.2, 0.25) is 0 Å². The molecular formula is C13H17NS2. The average molecular weight is 251 g/mol. The second-order valence-electron chi connectivity index (χ2n) is 3.89. The lowest BCUT2D eigenvalue weighted by atomic mass is 10.2. The molecule has 0 saturated carbocycles. The van der Waals surface area contributed by atoms with Crippen LogP contribution in [0.4, 0.5) is 0 Å². The second kappa shape index (κ2) is 6.18. The van der Waals surface area contributed by atoms with Crippen molar-refractivity contribution in [1.82, 2.24) is 5.32 Å². The van der Waals surface area contributed by atoms with Crippen LogP contribution < -0.4 is 5.32 Å². The summed E-state index contributed by atoms with van der Waals surface area (Å²) in [7, 11) is 0. The van der Waals surface area contributed by atoms with E-state index in [0.717, 1.165) is 13.1 Å². The van der Waals surface area contributed by atoms with E-state index in [9.17, 15) is 0 Å². The third-order valence-electron chi connectivity index (χ3n) is 2.61. The molecular weight excluding hydrogens is 234 g/mol. The molecule has 0 amide bonds. The summed E-state index contributed by atoms with van der Waals surface area (Å²) < 4.78 is 0. The van der Waals surface area contributed by atoms with Crippen molar-refractivity contribution < 1.29 is 0 Å². The maximum absolute atomic E-state index is 3.51. The molecule has 86 valence electrons. The SMILES string of the molecule is Cc1ccsc1CNCCCc1cccs1. The van der Waals surface area contributed by atoms with Gasteiger partial charge in [-0.05, 0) is 54.8 Å². The van der Waals surface area contributed by atoms with Crippen molar-refractivity contribution in [2.45, 2.75) is 26.3 Å². The van der Waals surface area contributed by atoms with E-state index in [1.54, 1.807) is 0 Å². The third-order valence-corrected chi connectivity index (χ3v) is 4.57. The van der Waals surface area contributed by atoms with Gasteiger partial charge in [-0.3, -0.25) is 0 Å². The van der Waals surface area contributed by atoms with E-state index in [-0.39, 0.29) is 0 Å². The number of nitrogens with one attached hydrogen (secondary N) is 1. The number of hydrogen-bond acceptors (Lipinski definition) is 3. The smallest absolute Gasteiger partial charge is 0.0302 e. The lowest BCUT2D eigenvalue weighted by Gasteiger charge is -2.03. The molecule has 0 saturated heterocycles. The normalized spacial score (nSPS) is 10.8. The van der Waals surface area contributed by atoms with Gasteiger partial charge in [-0.25, -0.2) is 0 Å². The minimum absolute atomic E-state index is 1.02. The lowest BCUT2D eigenvalue weighted by Crippen LogP contribution is -2.14. The monoisotopic (exact) mass is 251 g/mol. The molecule has 0 aromatic carbocycles. The van der Waals surface area contributed by atoms with Crippen molar-refractivity contribution >= 4 is 22.7 Å². The number of hydrogen-bond donors (Lipinski definition) is 1. The van der Waals surface area contributed by atoms with Gasteiger partial charge >= 0.3 is 0 Å². The van der Waals surface area contributed by atoms with E-state index < -0.39 is 0 Å². The van der Waals surface area contributed by atoms with Gasteiger partial charge in [0.25, 0.3) is 0 Å². The molecule has 0 radical (unpaired) electrons. The van der Waals surface area contributed by atoms with Gasteiger partial charge in [-0.15, -0.1) is 22.7 Å². The second-order valence-corrected chi connectivity index (χ2v) is 5.92. The van der Waals surface area contributed by atoms with E-state index in [4.69, 9.17) is 0 Å². The fourth-order valence-corrected chi connectivity index (χ4v) is 3.26. The van der Waals surface area contributed by atoms with Gasteiger partial charge in [0.1, 0.15) is 0 Å². The van der Waals surface area contributed by atoms with Crippen LogP contribution in [-0.4, -0.2) is 6.54 Å². The first kappa shape index (κ1) is 11.8. The van der Waals surface area contributed by atoms with Crippen LogP contribution in [0.25, 0.3) is 0 Å². The fraction of sp³-hybridized carbons (Fsp3) is 0.385. The summed E-state index contributed by atoms with van der Waals surface area (Å²) in [5.41, 5.74) is 1.41. The molecule has 0 aliphatic rings. The summed E-state index contributed by atoms with van der Waals surface area (Å²) in [5.74, 6) is 0. The first-order chi connectivity index (χ1) is 7.86. The van der Waals surface area contributed by atoms with Gasteiger partial charge in [0, 0.05) is 16.3 Å². The molecule has 0 unspecified atom stereocenters. The molecule has 2 heterocycles. The van der Waals surface area contributed by atoms with Crippen LogP contribution in [0.15, 0.2) is 29.0 Å². The fourth-order valence-electron chi connectivity index (χ4n) is 1.63. The Balaban J connectivity index is 1.61. The summed E-state index contributed by atoms with van der Waals surface area (Å²) in [4.78, 5) is 2.96. The minimum Gasteiger partial charge on any atom is -0.312 e. The molecule has 16 heavy (non-hydrogen) atoms. The number of thiophene rings is 2. The maximum atomic E-state index is 3.51. The van der Waals surface area contributed by atoms with Gasteiger partial charge in [-0.2, -0.15) is 0 Å². The zero-order chi connectivity index (χ0) is 11.2. The summed E-state index contributed by atoms with van der Waals surface area (Å²) in [6, 6.07) is 6.53. The molecule has 2 rings (SSSR count). The summed E-state index contributed by atoms with van der Waals surface area (Å²) in [6.45, 7) is 4.31. The van der Waals surface area contributed by atoms with Gasteiger partial charge in [0.15, 0.2) is 0 Å². The van der Waals surface area contributed by atoms with Crippen LogP contribution in [-0.2, 0) is 13.0 Å². The van der Waals surface area contributed by atoms with E-state index >= 15 is 0 Å². The van der Waals surface area contributed by atoms with Crippen molar-refractivity contribution in [3.05, 3.63) is 44.3 Å². The zero-order valence-corrected chi connectivity index (χ0v) is 11.2. The van der Waals surface area contributed by atoms with E-state index in [0.29, 0.717) is 0 Å². The largest absolute Gasteiger partial charge is 0.312 e. The molecule has 3 heteroatoms. The van der Waals surface area contributed by atoms with Crippen molar-refractivity contribution in [3.8, 4) is 0 Å². The van der Waals surface area contributed by atoms with E-state index in [2.05, 4.69) is 41.2 Å².